The van der Waals surface area contributed by atoms with Crippen molar-refractivity contribution < 1.29 is 4.79 Å². The van der Waals surface area contributed by atoms with E-state index in [1.165, 1.54) is 19.3 Å². The van der Waals surface area contributed by atoms with Crippen molar-refractivity contribution in [2.24, 2.45) is 17.3 Å². The molecule has 1 heterocycles. The second-order valence-corrected chi connectivity index (χ2v) is 7.07. The lowest BCUT2D eigenvalue weighted by Crippen LogP contribution is -2.42. The van der Waals surface area contributed by atoms with Gasteiger partial charge in [0.15, 0.2) is 0 Å². The zero-order valence-corrected chi connectivity index (χ0v) is 11.8. The second kappa shape index (κ2) is 4.11. The summed E-state index contributed by atoms with van der Waals surface area (Å²) in [7, 11) is 2.01. The Balaban J connectivity index is 1.93. The number of nitrogens with zero attached hydrogens (tertiary/aromatic N) is 1. The molecule has 1 amide bonds. The molecular weight excluding hydrogens is 222 g/mol. The fourth-order valence-corrected chi connectivity index (χ4v) is 4.26. The van der Waals surface area contributed by atoms with Crippen molar-refractivity contribution in [3.05, 3.63) is 18.1 Å². The first-order valence-corrected chi connectivity index (χ1v) is 7.29. The molecule has 0 bridgehead atoms. The summed E-state index contributed by atoms with van der Waals surface area (Å²) < 4.78 is 0. The van der Waals surface area contributed by atoms with E-state index in [1.54, 1.807) is 0 Å². The van der Waals surface area contributed by atoms with Crippen LogP contribution in [0.25, 0.3) is 0 Å². The SMILES string of the molecule is CN1C(=O)C2=CC(C)(C)C[C@@H]2C[C@@H]2CC[CH]CC21. The van der Waals surface area contributed by atoms with Gasteiger partial charge >= 0.3 is 0 Å². The molecule has 1 saturated heterocycles. The number of fused-ring (bicyclic) bond motifs is 2. The van der Waals surface area contributed by atoms with Crippen LogP contribution < -0.4 is 0 Å². The third kappa shape index (κ3) is 1.90. The van der Waals surface area contributed by atoms with Crippen LogP contribution >= 0.6 is 0 Å². The van der Waals surface area contributed by atoms with E-state index in [-0.39, 0.29) is 5.41 Å². The Morgan fingerprint density at radius 1 is 1.39 bits per heavy atom. The molecule has 3 rings (SSSR count). The Bertz CT molecular complexity index is 396. The summed E-state index contributed by atoms with van der Waals surface area (Å²) in [6, 6.07) is 0.459. The van der Waals surface area contributed by atoms with E-state index >= 15 is 0 Å². The van der Waals surface area contributed by atoms with Gasteiger partial charge in [-0.2, -0.15) is 0 Å². The highest BCUT2D eigenvalue weighted by atomic mass is 16.2. The maximum atomic E-state index is 12.6. The fourth-order valence-electron chi connectivity index (χ4n) is 4.26. The van der Waals surface area contributed by atoms with Crippen LogP contribution in [0.5, 0.6) is 0 Å². The molecular formula is C16H24NO. The number of amides is 1. The number of carbonyl (C=O) groups excluding carboxylic acids is 1. The van der Waals surface area contributed by atoms with Crippen LogP contribution in [0.3, 0.4) is 0 Å². The number of likely N-dealkylation sites (tertiary alicyclic amines) is 1. The Morgan fingerprint density at radius 2 is 2.17 bits per heavy atom. The van der Waals surface area contributed by atoms with E-state index in [0.29, 0.717) is 23.8 Å². The first-order chi connectivity index (χ1) is 8.48. The van der Waals surface area contributed by atoms with Gasteiger partial charge in [-0.1, -0.05) is 19.9 Å². The van der Waals surface area contributed by atoms with Crippen molar-refractivity contribution in [2.75, 3.05) is 7.05 Å². The smallest absolute Gasteiger partial charge is 0.249 e. The molecule has 1 unspecified atom stereocenters. The van der Waals surface area contributed by atoms with Gasteiger partial charge < -0.3 is 4.90 Å². The highest BCUT2D eigenvalue weighted by Crippen LogP contribution is 2.47. The molecule has 18 heavy (non-hydrogen) atoms. The van der Waals surface area contributed by atoms with Gasteiger partial charge in [0.2, 0.25) is 5.91 Å². The summed E-state index contributed by atoms with van der Waals surface area (Å²) in [5.74, 6) is 1.53. The zero-order chi connectivity index (χ0) is 12.9. The minimum atomic E-state index is 0.212. The van der Waals surface area contributed by atoms with E-state index < -0.39 is 0 Å². The molecule has 99 valence electrons. The van der Waals surface area contributed by atoms with Crippen LogP contribution in [0.2, 0.25) is 0 Å². The van der Waals surface area contributed by atoms with Crippen LogP contribution in [0.15, 0.2) is 11.6 Å². The number of allylic oxidation sites excluding steroid dienone is 1. The molecule has 1 aliphatic heterocycles. The molecule has 0 aromatic carbocycles. The van der Waals surface area contributed by atoms with Crippen molar-refractivity contribution in [1.82, 2.24) is 4.90 Å². The highest BCUT2D eigenvalue weighted by Gasteiger charge is 2.44. The van der Waals surface area contributed by atoms with Crippen molar-refractivity contribution >= 4 is 5.91 Å². The summed E-state index contributed by atoms with van der Waals surface area (Å²) in [6.45, 7) is 4.52. The minimum Gasteiger partial charge on any atom is -0.339 e. The molecule has 2 nitrogen and oxygen atoms in total. The highest BCUT2D eigenvalue weighted by molar-refractivity contribution is 5.95. The topological polar surface area (TPSA) is 20.3 Å². The largest absolute Gasteiger partial charge is 0.339 e. The number of likely N-dealkylation sites (N-methyl/N-ethyl adjacent to an activating group) is 1. The van der Waals surface area contributed by atoms with E-state index in [1.807, 2.05) is 11.9 Å². The lowest BCUT2D eigenvalue weighted by Gasteiger charge is -2.36. The molecule has 1 radical (unpaired) electrons. The Hall–Kier alpha value is -0.790. The molecule has 2 aliphatic carbocycles. The quantitative estimate of drug-likeness (QED) is 0.643. The van der Waals surface area contributed by atoms with Gasteiger partial charge in [-0.05, 0) is 55.8 Å². The van der Waals surface area contributed by atoms with Crippen molar-refractivity contribution in [3.63, 3.8) is 0 Å². The predicted octanol–water partition coefficient (Wildman–Crippen LogP) is 3.19. The Kier molecular flexibility index (Phi) is 2.80. The maximum absolute atomic E-state index is 12.6. The average molecular weight is 246 g/mol. The number of carbonyl (C=O) groups is 1. The fraction of sp³-hybridized carbons (Fsp3) is 0.750. The van der Waals surface area contributed by atoms with Gasteiger partial charge in [-0.15, -0.1) is 0 Å². The van der Waals surface area contributed by atoms with Gasteiger partial charge in [0.05, 0.1) is 0 Å². The molecule has 3 aliphatic rings. The first kappa shape index (κ1) is 12.3. The zero-order valence-electron chi connectivity index (χ0n) is 11.8. The molecule has 3 atom stereocenters. The molecule has 2 heteroatoms. The van der Waals surface area contributed by atoms with Crippen LogP contribution in [0, 0.1) is 23.7 Å². The van der Waals surface area contributed by atoms with Crippen LogP contribution in [0.1, 0.15) is 46.0 Å². The second-order valence-electron chi connectivity index (χ2n) is 7.07. The summed E-state index contributed by atoms with van der Waals surface area (Å²) in [5.41, 5.74) is 1.32. The Morgan fingerprint density at radius 3 is 2.94 bits per heavy atom. The van der Waals surface area contributed by atoms with Crippen LogP contribution in [-0.4, -0.2) is 23.9 Å². The van der Waals surface area contributed by atoms with Crippen LogP contribution in [0.4, 0.5) is 0 Å². The normalized spacial score (nSPS) is 38.8. The lowest BCUT2D eigenvalue weighted by atomic mass is 9.77. The number of rotatable bonds is 0. The predicted molar refractivity (Wildman–Crippen MR) is 72.8 cm³/mol. The first-order valence-electron chi connectivity index (χ1n) is 7.29. The van der Waals surface area contributed by atoms with Gasteiger partial charge in [0.25, 0.3) is 0 Å². The summed E-state index contributed by atoms with van der Waals surface area (Å²) in [6.07, 6.45) is 10.6. The molecule has 0 aromatic heterocycles. The standard InChI is InChI=1S/C16H24NO/c1-16(2)9-12-8-11-6-4-5-7-14(11)17(3)15(18)13(12)10-16/h5,10-12,14H,4,6-9H2,1-3H3/t11-,12-,14?/m0/s1. The van der Waals surface area contributed by atoms with Crippen LogP contribution in [-0.2, 0) is 4.79 Å². The van der Waals surface area contributed by atoms with Gasteiger partial charge in [-0.3, -0.25) is 4.79 Å². The summed E-state index contributed by atoms with van der Waals surface area (Å²) in [4.78, 5) is 14.6. The van der Waals surface area contributed by atoms with Gasteiger partial charge in [0, 0.05) is 18.7 Å². The molecule has 0 spiro atoms. The van der Waals surface area contributed by atoms with E-state index in [2.05, 4.69) is 26.3 Å². The van der Waals surface area contributed by atoms with Crippen molar-refractivity contribution in [2.45, 2.75) is 52.0 Å². The summed E-state index contributed by atoms with van der Waals surface area (Å²) >= 11 is 0. The lowest BCUT2D eigenvalue weighted by molar-refractivity contribution is -0.128. The Labute approximate surface area is 110 Å². The molecule has 0 N–H and O–H groups in total. The number of hydrogen-bond acceptors (Lipinski definition) is 1. The summed E-state index contributed by atoms with van der Waals surface area (Å²) in [5, 5.41) is 0. The van der Waals surface area contributed by atoms with E-state index in [0.717, 1.165) is 18.4 Å². The average Bonchev–Trinajstić information content (AvgIpc) is 2.59. The van der Waals surface area contributed by atoms with E-state index in [4.69, 9.17) is 0 Å². The van der Waals surface area contributed by atoms with Gasteiger partial charge in [-0.25, -0.2) is 0 Å². The molecule has 1 saturated carbocycles. The minimum absolute atomic E-state index is 0.212. The number of hydrogen-bond donors (Lipinski definition) is 0. The van der Waals surface area contributed by atoms with Crippen molar-refractivity contribution in [1.29, 1.82) is 0 Å². The van der Waals surface area contributed by atoms with E-state index in [9.17, 15) is 4.79 Å². The van der Waals surface area contributed by atoms with Crippen molar-refractivity contribution in [3.8, 4) is 0 Å². The molecule has 2 fully saturated rings. The van der Waals surface area contributed by atoms with Gasteiger partial charge in [0.1, 0.15) is 0 Å². The molecule has 0 aromatic rings. The third-order valence-electron chi connectivity index (χ3n) is 5.10. The maximum Gasteiger partial charge on any atom is 0.249 e. The third-order valence-corrected chi connectivity index (χ3v) is 5.10. The monoisotopic (exact) mass is 246 g/mol.